The average molecular weight is 458 g/mol. The van der Waals surface area contributed by atoms with Crippen LogP contribution in [0.5, 0.6) is 0 Å². The van der Waals surface area contributed by atoms with Crippen LogP contribution in [0.2, 0.25) is 0 Å². The van der Waals surface area contributed by atoms with Crippen LogP contribution in [0.1, 0.15) is 20.4 Å². The first-order chi connectivity index (χ1) is 14.1. The number of nitrogens with zero attached hydrogens (tertiary/aromatic N) is 4. The Morgan fingerprint density at radius 1 is 1.10 bits per heavy atom. The molecule has 2 aromatic carbocycles. The van der Waals surface area contributed by atoms with E-state index >= 15 is 0 Å². The summed E-state index contributed by atoms with van der Waals surface area (Å²) < 4.78 is 3.29. The SMILES string of the molecule is Cc1ccc(NC(=O)c2nnc(CSc3nn(-c4ccccc4)c(=S)s3)s2)cc1. The second-order valence-electron chi connectivity index (χ2n) is 5.99. The number of aromatic nitrogens is 4. The summed E-state index contributed by atoms with van der Waals surface area (Å²) in [6, 6.07) is 17.4. The Bertz CT molecular complexity index is 1180. The lowest BCUT2D eigenvalue weighted by molar-refractivity contribution is 0.102. The van der Waals surface area contributed by atoms with E-state index in [-0.39, 0.29) is 5.91 Å². The van der Waals surface area contributed by atoms with E-state index in [4.69, 9.17) is 12.2 Å². The maximum Gasteiger partial charge on any atom is 0.286 e. The first-order valence-corrected chi connectivity index (χ1v) is 11.6. The number of anilines is 1. The smallest absolute Gasteiger partial charge is 0.286 e. The number of para-hydroxylation sites is 1. The van der Waals surface area contributed by atoms with Gasteiger partial charge < -0.3 is 5.32 Å². The first kappa shape index (κ1) is 19.9. The zero-order chi connectivity index (χ0) is 20.2. The molecule has 6 nitrogen and oxygen atoms in total. The van der Waals surface area contributed by atoms with Gasteiger partial charge in [-0.15, -0.1) is 15.3 Å². The van der Waals surface area contributed by atoms with E-state index in [1.54, 1.807) is 4.68 Å². The summed E-state index contributed by atoms with van der Waals surface area (Å²) in [5.74, 6) is 0.318. The van der Waals surface area contributed by atoms with Crippen LogP contribution in [-0.4, -0.2) is 25.9 Å². The monoisotopic (exact) mass is 457 g/mol. The van der Waals surface area contributed by atoms with Crippen molar-refractivity contribution < 1.29 is 4.79 Å². The zero-order valence-electron chi connectivity index (χ0n) is 15.2. The molecule has 0 atom stereocenters. The fraction of sp³-hybridized carbons (Fsp3) is 0.105. The van der Waals surface area contributed by atoms with Crippen LogP contribution in [-0.2, 0) is 5.75 Å². The molecular weight excluding hydrogens is 443 g/mol. The van der Waals surface area contributed by atoms with Crippen molar-refractivity contribution in [3.63, 3.8) is 0 Å². The number of nitrogens with one attached hydrogen (secondary N) is 1. The molecule has 0 fully saturated rings. The van der Waals surface area contributed by atoms with Crippen LogP contribution in [0.4, 0.5) is 5.69 Å². The van der Waals surface area contributed by atoms with Crippen molar-refractivity contribution in [3.8, 4) is 5.69 Å². The molecular formula is C19H15N5OS4. The molecule has 0 spiro atoms. The molecule has 2 heterocycles. The average Bonchev–Trinajstić information content (AvgIpc) is 3.35. The van der Waals surface area contributed by atoms with Crippen LogP contribution in [0, 0.1) is 10.9 Å². The van der Waals surface area contributed by atoms with Crippen molar-refractivity contribution in [2.75, 3.05) is 5.32 Å². The van der Waals surface area contributed by atoms with Gasteiger partial charge in [-0.2, -0.15) is 0 Å². The molecule has 29 heavy (non-hydrogen) atoms. The third-order valence-corrected chi connectivity index (χ3v) is 7.30. The second-order valence-corrected chi connectivity index (χ2v) is 9.90. The Balaban J connectivity index is 1.39. The Morgan fingerprint density at radius 2 is 1.86 bits per heavy atom. The van der Waals surface area contributed by atoms with Crippen molar-refractivity contribution in [1.29, 1.82) is 0 Å². The summed E-state index contributed by atoms with van der Waals surface area (Å²) >= 11 is 9.68. The normalized spacial score (nSPS) is 10.8. The lowest BCUT2D eigenvalue weighted by atomic mass is 10.2. The maximum absolute atomic E-state index is 12.4. The molecule has 0 saturated carbocycles. The third kappa shape index (κ3) is 4.96. The third-order valence-electron chi connectivity index (χ3n) is 3.82. The van der Waals surface area contributed by atoms with Gasteiger partial charge in [0.2, 0.25) is 5.01 Å². The molecule has 146 valence electrons. The highest BCUT2D eigenvalue weighted by atomic mass is 32.2. The van der Waals surface area contributed by atoms with Gasteiger partial charge in [0.1, 0.15) is 5.01 Å². The molecule has 0 bridgehead atoms. The number of carbonyl (C=O) groups is 1. The number of aryl methyl sites for hydroxylation is 1. The highest BCUT2D eigenvalue weighted by Crippen LogP contribution is 2.28. The predicted octanol–water partition coefficient (Wildman–Crippen LogP) is 5.37. The van der Waals surface area contributed by atoms with Crippen LogP contribution >= 0.6 is 46.7 Å². The van der Waals surface area contributed by atoms with Crippen molar-refractivity contribution >= 4 is 58.2 Å². The molecule has 0 saturated heterocycles. The quantitative estimate of drug-likeness (QED) is 0.310. The largest absolute Gasteiger partial charge is 0.320 e. The summed E-state index contributed by atoms with van der Waals surface area (Å²) in [5.41, 5.74) is 2.81. The van der Waals surface area contributed by atoms with Crippen molar-refractivity contribution in [3.05, 3.63) is 74.1 Å². The highest BCUT2D eigenvalue weighted by Gasteiger charge is 2.14. The number of rotatable bonds is 6. The van der Waals surface area contributed by atoms with Crippen LogP contribution in [0.25, 0.3) is 5.69 Å². The number of thioether (sulfide) groups is 1. The molecule has 0 aliphatic heterocycles. The highest BCUT2D eigenvalue weighted by molar-refractivity contribution is 8.00. The fourth-order valence-corrected chi connectivity index (χ4v) is 5.48. The topological polar surface area (TPSA) is 72.7 Å². The van der Waals surface area contributed by atoms with E-state index in [1.165, 1.54) is 34.4 Å². The number of amides is 1. The summed E-state index contributed by atoms with van der Waals surface area (Å²) in [4.78, 5) is 12.4. The van der Waals surface area contributed by atoms with Gasteiger partial charge in [-0.25, -0.2) is 4.68 Å². The van der Waals surface area contributed by atoms with Gasteiger partial charge in [-0.3, -0.25) is 4.79 Å². The van der Waals surface area contributed by atoms with E-state index < -0.39 is 0 Å². The van der Waals surface area contributed by atoms with Gasteiger partial charge in [-0.05, 0) is 43.4 Å². The minimum atomic E-state index is -0.258. The lowest BCUT2D eigenvalue weighted by Gasteiger charge is -2.02. The Labute approximate surface area is 184 Å². The number of carbonyl (C=O) groups excluding carboxylic acids is 1. The standard InChI is InChI=1S/C19H15N5OS4/c1-12-7-9-13(10-8-12)20-16(25)17-22-21-15(28-17)11-27-18-23-24(19(26)29-18)14-5-3-2-4-6-14/h2-10H,11H2,1H3,(H,20,25). The van der Waals surface area contributed by atoms with Crippen molar-refractivity contribution in [2.24, 2.45) is 0 Å². The molecule has 10 heteroatoms. The number of hydrogen-bond donors (Lipinski definition) is 1. The van der Waals surface area contributed by atoms with E-state index in [1.807, 2.05) is 61.5 Å². The van der Waals surface area contributed by atoms with E-state index in [0.29, 0.717) is 14.7 Å². The molecule has 0 unspecified atom stereocenters. The molecule has 0 aliphatic carbocycles. The zero-order valence-corrected chi connectivity index (χ0v) is 18.5. The molecule has 4 rings (SSSR count). The van der Waals surface area contributed by atoms with Crippen LogP contribution in [0.3, 0.4) is 0 Å². The van der Waals surface area contributed by atoms with Gasteiger partial charge in [0.05, 0.1) is 11.4 Å². The van der Waals surface area contributed by atoms with Gasteiger partial charge >= 0.3 is 0 Å². The van der Waals surface area contributed by atoms with E-state index in [9.17, 15) is 4.79 Å². The van der Waals surface area contributed by atoms with Crippen molar-refractivity contribution in [2.45, 2.75) is 17.0 Å². The van der Waals surface area contributed by atoms with Crippen molar-refractivity contribution in [1.82, 2.24) is 20.0 Å². The predicted molar refractivity (Wildman–Crippen MR) is 121 cm³/mol. The van der Waals surface area contributed by atoms with Crippen LogP contribution in [0.15, 0.2) is 58.9 Å². The Kier molecular flexibility index (Phi) is 6.14. The maximum atomic E-state index is 12.4. The summed E-state index contributed by atoms with van der Waals surface area (Å²) in [6.07, 6.45) is 0. The minimum absolute atomic E-state index is 0.258. The fourth-order valence-electron chi connectivity index (χ4n) is 2.40. The summed E-state index contributed by atoms with van der Waals surface area (Å²) in [5, 5.41) is 16.6. The van der Waals surface area contributed by atoms with Gasteiger partial charge in [0.25, 0.3) is 5.91 Å². The number of hydrogen-bond acceptors (Lipinski definition) is 8. The molecule has 0 radical (unpaired) electrons. The Morgan fingerprint density at radius 3 is 2.62 bits per heavy atom. The van der Waals surface area contributed by atoms with E-state index in [0.717, 1.165) is 26.3 Å². The molecule has 2 aromatic heterocycles. The lowest BCUT2D eigenvalue weighted by Crippen LogP contribution is -2.11. The second kappa shape index (κ2) is 8.95. The number of benzene rings is 2. The van der Waals surface area contributed by atoms with E-state index in [2.05, 4.69) is 20.6 Å². The van der Waals surface area contributed by atoms with Gasteiger partial charge in [-0.1, -0.05) is 70.3 Å². The minimum Gasteiger partial charge on any atom is -0.320 e. The van der Waals surface area contributed by atoms with Gasteiger partial charge in [0.15, 0.2) is 8.29 Å². The summed E-state index contributed by atoms with van der Waals surface area (Å²) in [6.45, 7) is 2.00. The molecule has 4 aromatic rings. The molecule has 1 N–H and O–H groups in total. The molecule has 1 amide bonds. The van der Waals surface area contributed by atoms with Crippen LogP contribution < -0.4 is 5.32 Å². The molecule has 0 aliphatic rings. The summed E-state index contributed by atoms with van der Waals surface area (Å²) in [7, 11) is 0. The van der Waals surface area contributed by atoms with Gasteiger partial charge in [0, 0.05) is 5.69 Å². The first-order valence-electron chi connectivity index (χ1n) is 8.57. The Hall–Kier alpha value is -2.40.